The van der Waals surface area contributed by atoms with Gasteiger partial charge in [0.2, 0.25) is 11.8 Å². The van der Waals surface area contributed by atoms with Gasteiger partial charge in [-0.25, -0.2) is 4.98 Å². The Hall–Kier alpha value is -6.11. The van der Waals surface area contributed by atoms with Crippen molar-refractivity contribution < 1.29 is 23.9 Å². The highest BCUT2D eigenvalue weighted by Crippen LogP contribution is 2.32. The molecule has 1 aliphatic heterocycles. The number of aromatic nitrogens is 4. The maximum atomic E-state index is 14.1. The smallest absolute Gasteiger partial charge is 0.273 e. The number of anilines is 1. The lowest BCUT2D eigenvalue weighted by Gasteiger charge is -2.25. The van der Waals surface area contributed by atoms with Gasteiger partial charge in [0.15, 0.2) is 17.3 Å². The van der Waals surface area contributed by atoms with E-state index in [9.17, 15) is 14.4 Å². The summed E-state index contributed by atoms with van der Waals surface area (Å²) in [6, 6.07) is 23.3. The number of amides is 3. The van der Waals surface area contributed by atoms with Gasteiger partial charge in [-0.15, -0.1) is 0 Å². The third-order valence-corrected chi connectivity index (χ3v) is 8.25. The molecule has 5 aromatic rings. The maximum absolute atomic E-state index is 14.1. The molecule has 49 heavy (non-hydrogen) atoms. The Labute approximate surface area is 283 Å². The standard InChI is InChI=1S/C36H38N8O5/c1-48-28-14-13-26-22-29(28)49-20-8-17-44(36(47)32-31(33(37)42-41-32)25-11-6-3-7-12-25)23-30(45)40-27(21-24-9-4-2-5-10-24)35(46)39-16-19-43-18-15-38-34(26)43/h2-7,9-15,18,22,27H,8,16-17,19-21,23H2,1H3,(H,39,46)(H,40,45)(H3,37,41,42)/t27-/m0/s1. The predicted octanol–water partition coefficient (Wildman–Crippen LogP) is 3.30. The first-order valence-corrected chi connectivity index (χ1v) is 16.0. The number of carbonyl (C=O) groups is 3. The number of methoxy groups -OCH3 is 1. The second-order valence-electron chi connectivity index (χ2n) is 11.6. The van der Waals surface area contributed by atoms with Crippen LogP contribution in [0, 0.1) is 0 Å². The van der Waals surface area contributed by atoms with Crippen LogP contribution in [-0.2, 0) is 22.6 Å². The molecule has 3 aromatic carbocycles. The van der Waals surface area contributed by atoms with Crippen LogP contribution in [0.5, 0.6) is 11.5 Å². The minimum absolute atomic E-state index is 0.154. The van der Waals surface area contributed by atoms with Crippen LogP contribution >= 0.6 is 0 Å². The summed E-state index contributed by atoms with van der Waals surface area (Å²) in [5.41, 5.74) is 9.20. The molecule has 2 aromatic heterocycles. The lowest BCUT2D eigenvalue weighted by molar-refractivity contribution is -0.129. The molecule has 3 amide bonds. The Morgan fingerprint density at radius 2 is 1.80 bits per heavy atom. The van der Waals surface area contributed by atoms with E-state index in [0.29, 0.717) is 41.4 Å². The molecule has 6 rings (SSSR count). The van der Waals surface area contributed by atoms with Crippen molar-refractivity contribution in [1.29, 1.82) is 0 Å². The van der Waals surface area contributed by atoms with Crippen molar-refractivity contribution in [2.75, 3.05) is 39.1 Å². The highest BCUT2D eigenvalue weighted by atomic mass is 16.5. The van der Waals surface area contributed by atoms with E-state index in [1.807, 2.05) is 89.6 Å². The summed E-state index contributed by atoms with van der Waals surface area (Å²) < 4.78 is 13.6. The number of hydrogen-bond donors (Lipinski definition) is 4. The zero-order valence-corrected chi connectivity index (χ0v) is 27.1. The molecule has 13 heteroatoms. The summed E-state index contributed by atoms with van der Waals surface area (Å²) in [5, 5.41) is 12.7. The molecule has 0 fully saturated rings. The molecule has 3 heterocycles. The van der Waals surface area contributed by atoms with Crippen LogP contribution in [0.15, 0.2) is 91.3 Å². The molecule has 0 spiro atoms. The summed E-state index contributed by atoms with van der Waals surface area (Å²) in [4.78, 5) is 47.3. The van der Waals surface area contributed by atoms with Gasteiger partial charge in [0.1, 0.15) is 17.6 Å². The van der Waals surface area contributed by atoms with Crippen LogP contribution in [0.3, 0.4) is 0 Å². The normalized spacial score (nSPS) is 15.9. The van der Waals surface area contributed by atoms with E-state index in [4.69, 9.17) is 15.2 Å². The van der Waals surface area contributed by atoms with E-state index in [2.05, 4.69) is 25.8 Å². The van der Waals surface area contributed by atoms with Gasteiger partial charge in [0, 0.05) is 44.0 Å². The first-order chi connectivity index (χ1) is 23.9. The molecule has 2 bridgehead atoms. The quantitative estimate of drug-likeness (QED) is 0.222. The number of nitrogen functional groups attached to an aromatic ring is 1. The van der Waals surface area contributed by atoms with E-state index in [1.54, 1.807) is 13.3 Å². The summed E-state index contributed by atoms with van der Waals surface area (Å²) in [7, 11) is 1.56. The molecule has 0 saturated heterocycles. The Morgan fingerprint density at radius 1 is 1.02 bits per heavy atom. The number of hydrogen-bond acceptors (Lipinski definition) is 8. The highest BCUT2D eigenvalue weighted by Gasteiger charge is 2.28. The summed E-state index contributed by atoms with van der Waals surface area (Å²) in [6.07, 6.45) is 4.18. The number of nitrogens with one attached hydrogen (secondary N) is 3. The summed E-state index contributed by atoms with van der Waals surface area (Å²) in [6.45, 7) is 0.782. The Balaban J connectivity index is 1.32. The largest absolute Gasteiger partial charge is 0.493 e. The number of H-pyrrole nitrogens is 1. The second-order valence-corrected chi connectivity index (χ2v) is 11.6. The third kappa shape index (κ3) is 7.73. The summed E-state index contributed by atoms with van der Waals surface area (Å²) >= 11 is 0. The van der Waals surface area contributed by atoms with Gasteiger partial charge in [-0.2, -0.15) is 5.10 Å². The first kappa shape index (κ1) is 32.8. The van der Waals surface area contributed by atoms with E-state index in [0.717, 1.165) is 11.1 Å². The lowest BCUT2D eigenvalue weighted by atomic mass is 10.0. The van der Waals surface area contributed by atoms with Gasteiger partial charge in [0.05, 0.1) is 25.8 Å². The van der Waals surface area contributed by atoms with Gasteiger partial charge in [-0.3, -0.25) is 19.5 Å². The SMILES string of the molecule is COc1ccc2cc1OCCCN(C(=O)c1[nH]nc(N)c1-c1ccccc1)CC(=O)N[C@@H](Cc1ccccc1)C(=O)NCCn1ccnc1-2. The minimum atomic E-state index is -0.886. The molecule has 1 atom stereocenters. The zero-order valence-electron chi connectivity index (χ0n) is 27.1. The number of nitrogens with zero attached hydrogens (tertiary/aromatic N) is 4. The predicted molar refractivity (Wildman–Crippen MR) is 184 cm³/mol. The molecule has 0 unspecified atom stereocenters. The van der Waals surface area contributed by atoms with Crippen LogP contribution in [0.1, 0.15) is 22.5 Å². The van der Waals surface area contributed by atoms with Crippen LogP contribution in [0.4, 0.5) is 5.82 Å². The Kier molecular flexibility index (Phi) is 10.2. The number of benzene rings is 3. The second kappa shape index (κ2) is 15.2. The van der Waals surface area contributed by atoms with Crippen molar-refractivity contribution in [1.82, 2.24) is 35.3 Å². The van der Waals surface area contributed by atoms with Crippen LogP contribution < -0.4 is 25.8 Å². The van der Waals surface area contributed by atoms with Crippen LogP contribution in [0.2, 0.25) is 0 Å². The van der Waals surface area contributed by atoms with E-state index in [-0.39, 0.29) is 50.1 Å². The van der Waals surface area contributed by atoms with E-state index >= 15 is 0 Å². The van der Waals surface area contributed by atoms with Crippen molar-refractivity contribution >= 4 is 23.5 Å². The molecule has 13 nitrogen and oxygen atoms in total. The number of ether oxygens (including phenoxy) is 2. The number of imidazole rings is 1. The maximum Gasteiger partial charge on any atom is 0.273 e. The molecule has 0 aliphatic carbocycles. The van der Waals surface area contributed by atoms with Gasteiger partial charge < -0.3 is 35.3 Å². The topological polar surface area (TPSA) is 169 Å². The van der Waals surface area contributed by atoms with Crippen LogP contribution in [-0.4, -0.2) is 81.8 Å². The fourth-order valence-electron chi connectivity index (χ4n) is 5.83. The molecule has 0 radical (unpaired) electrons. The summed E-state index contributed by atoms with van der Waals surface area (Å²) in [5.74, 6) is 0.606. The van der Waals surface area contributed by atoms with Gasteiger partial charge >= 0.3 is 0 Å². The van der Waals surface area contributed by atoms with Gasteiger partial charge in [0.25, 0.3) is 5.91 Å². The number of aromatic amines is 1. The van der Waals surface area contributed by atoms with Crippen molar-refractivity contribution in [2.24, 2.45) is 0 Å². The fraction of sp³-hybridized carbons (Fsp3) is 0.250. The molecule has 5 N–H and O–H groups in total. The first-order valence-electron chi connectivity index (χ1n) is 16.0. The van der Waals surface area contributed by atoms with Crippen molar-refractivity contribution in [3.05, 3.63) is 103 Å². The fourth-order valence-corrected chi connectivity index (χ4v) is 5.83. The number of rotatable bonds is 5. The van der Waals surface area contributed by atoms with Crippen molar-refractivity contribution in [2.45, 2.75) is 25.4 Å². The average Bonchev–Trinajstić information content (AvgIpc) is 3.75. The van der Waals surface area contributed by atoms with E-state index < -0.39 is 17.9 Å². The monoisotopic (exact) mass is 662 g/mol. The molecule has 0 saturated carbocycles. The number of fused-ring (bicyclic) bond motifs is 4. The van der Waals surface area contributed by atoms with Crippen LogP contribution in [0.25, 0.3) is 22.5 Å². The van der Waals surface area contributed by atoms with E-state index in [1.165, 1.54) is 4.90 Å². The average molecular weight is 663 g/mol. The van der Waals surface area contributed by atoms with Gasteiger partial charge in [-0.05, 0) is 35.7 Å². The minimum Gasteiger partial charge on any atom is -0.493 e. The Morgan fingerprint density at radius 3 is 2.57 bits per heavy atom. The van der Waals surface area contributed by atoms with Crippen molar-refractivity contribution in [3.63, 3.8) is 0 Å². The molecular formula is C36H38N8O5. The molecule has 252 valence electrons. The zero-order chi connectivity index (χ0) is 34.2. The van der Waals surface area contributed by atoms with Gasteiger partial charge in [-0.1, -0.05) is 60.7 Å². The van der Waals surface area contributed by atoms with Crippen molar-refractivity contribution in [3.8, 4) is 34.0 Å². The highest BCUT2D eigenvalue weighted by molar-refractivity contribution is 6.03. The Bertz CT molecular complexity index is 1910. The number of nitrogens with two attached hydrogens (primary N) is 1. The molecule has 1 aliphatic rings. The molecular weight excluding hydrogens is 624 g/mol. The number of carbonyl (C=O) groups excluding carboxylic acids is 3. The lowest BCUT2D eigenvalue weighted by Crippen LogP contribution is -2.51. The third-order valence-electron chi connectivity index (χ3n) is 8.25.